The quantitative estimate of drug-likeness (QED) is 0.773. The molecule has 0 radical (unpaired) electrons. The lowest BCUT2D eigenvalue weighted by atomic mass is 10.2. The lowest BCUT2D eigenvalue weighted by Gasteiger charge is -2.08. The Bertz CT molecular complexity index is 700. The summed E-state index contributed by atoms with van der Waals surface area (Å²) in [6.07, 6.45) is 3.48. The second kappa shape index (κ2) is 4.89. The zero-order valence-electron chi connectivity index (χ0n) is 10.2. The fourth-order valence-corrected chi connectivity index (χ4v) is 1.84. The molecule has 0 amide bonds. The van der Waals surface area contributed by atoms with Crippen molar-refractivity contribution < 1.29 is 4.74 Å². The van der Waals surface area contributed by atoms with E-state index in [0.717, 1.165) is 16.3 Å². The van der Waals surface area contributed by atoms with Crippen molar-refractivity contribution in [2.24, 2.45) is 0 Å². The van der Waals surface area contributed by atoms with Gasteiger partial charge in [0.25, 0.3) is 0 Å². The van der Waals surface area contributed by atoms with Gasteiger partial charge in [-0.1, -0.05) is 24.3 Å². The molecule has 19 heavy (non-hydrogen) atoms. The van der Waals surface area contributed by atoms with E-state index < -0.39 is 0 Å². The number of aromatic nitrogens is 3. The first kappa shape index (κ1) is 11.4. The number of hydrogen-bond acceptors (Lipinski definition) is 5. The van der Waals surface area contributed by atoms with E-state index in [9.17, 15) is 0 Å². The Hall–Kier alpha value is -2.69. The highest BCUT2D eigenvalue weighted by atomic mass is 16.5. The summed E-state index contributed by atoms with van der Waals surface area (Å²) in [6, 6.07) is 11.5. The van der Waals surface area contributed by atoms with Crippen LogP contribution in [0, 0.1) is 0 Å². The molecule has 5 nitrogen and oxygen atoms in total. The van der Waals surface area contributed by atoms with Crippen LogP contribution in [0.2, 0.25) is 0 Å². The van der Waals surface area contributed by atoms with Gasteiger partial charge >= 0.3 is 0 Å². The van der Waals surface area contributed by atoms with Gasteiger partial charge in [-0.3, -0.25) is 4.98 Å². The Kier molecular flexibility index (Phi) is 2.94. The molecular formula is C14H12N4O. The fourth-order valence-electron chi connectivity index (χ4n) is 1.84. The van der Waals surface area contributed by atoms with Crippen molar-refractivity contribution in [1.29, 1.82) is 0 Å². The number of hydrogen-bond donors (Lipinski definition) is 1. The van der Waals surface area contributed by atoms with Gasteiger partial charge in [0.05, 0.1) is 0 Å². The summed E-state index contributed by atoms with van der Waals surface area (Å²) >= 11 is 0. The molecule has 0 aliphatic carbocycles. The maximum absolute atomic E-state index is 5.79. The molecule has 1 aromatic carbocycles. The fraction of sp³-hybridized carbons (Fsp3) is 0.0714. The van der Waals surface area contributed by atoms with Crippen LogP contribution in [0.5, 0.6) is 5.88 Å². The van der Waals surface area contributed by atoms with Gasteiger partial charge in [-0.2, -0.15) is 0 Å². The van der Waals surface area contributed by atoms with Crippen LogP contribution in [-0.4, -0.2) is 15.2 Å². The highest BCUT2D eigenvalue weighted by molar-refractivity contribution is 5.93. The van der Waals surface area contributed by atoms with Crippen molar-refractivity contribution in [3.8, 4) is 5.88 Å². The predicted molar refractivity (Wildman–Crippen MR) is 72.5 cm³/mol. The maximum Gasteiger partial charge on any atom is 0.241 e. The van der Waals surface area contributed by atoms with Gasteiger partial charge in [0, 0.05) is 28.7 Å². The van der Waals surface area contributed by atoms with Gasteiger partial charge in [-0.25, -0.2) is 0 Å². The Morgan fingerprint density at radius 1 is 1.00 bits per heavy atom. The van der Waals surface area contributed by atoms with Crippen LogP contribution in [0.1, 0.15) is 5.56 Å². The summed E-state index contributed by atoms with van der Waals surface area (Å²) in [4.78, 5) is 4.04. The van der Waals surface area contributed by atoms with E-state index in [-0.39, 0.29) is 0 Å². The van der Waals surface area contributed by atoms with Gasteiger partial charge in [0.1, 0.15) is 6.61 Å². The first-order valence-corrected chi connectivity index (χ1v) is 5.87. The monoisotopic (exact) mass is 252 g/mol. The molecule has 0 aliphatic rings. The summed E-state index contributed by atoms with van der Waals surface area (Å²) in [7, 11) is 0. The van der Waals surface area contributed by atoms with Gasteiger partial charge in [-0.15, -0.1) is 10.2 Å². The van der Waals surface area contributed by atoms with Crippen LogP contribution in [0.3, 0.4) is 0 Å². The van der Waals surface area contributed by atoms with E-state index in [4.69, 9.17) is 10.5 Å². The van der Waals surface area contributed by atoms with Crippen LogP contribution in [0.15, 0.2) is 48.8 Å². The lowest BCUT2D eigenvalue weighted by Crippen LogP contribution is -2.02. The number of fused-ring (bicyclic) bond motifs is 1. The van der Waals surface area contributed by atoms with Crippen LogP contribution in [0.4, 0.5) is 5.82 Å². The van der Waals surface area contributed by atoms with E-state index in [2.05, 4.69) is 15.2 Å². The van der Waals surface area contributed by atoms with Crippen LogP contribution in [0.25, 0.3) is 10.8 Å². The second-order valence-corrected chi connectivity index (χ2v) is 4.09. The van der Waals surface area contributed by atoms with Crippen LogP contribution >= 0.6 is 0 Å². The van der Waals surface area contributed by atoms with E-state index in [1.54, 1.807) is 12.4 Å². The Morgan fingerprint density at radius 2 is 1.84 bits per heavy atom. The standard InChI is InChI=1S/C14H12N4O/c15-13-11-5-1-2-6-12(11)14(18-17-13)19-9-10-4-3-7-16-8-10/h1-8H,9H2,(H2,15,17). The molecule has 5 heteroatoms. The molecule has 2 heterocycles. The lowest BCUT2D eigenvalue weighted by molar-refractivity contribution is 0.294. The average molecular weight is 252 g/mol. The molecule has 2 aromatic heterocycles. The number of nitrogens with zero attached hydrogens (tertiary/aromatic N) is 3. The summed E-state index contributed by atoms with van der Waals surface area (Å²) in [5.74, 6) is 0.887. The molecule has 0 saturated carbocycles. The third-order valence-corrected chi connectivity index (χ3v) is 2.78. The van der Waals surface area contributed by atoms with Crippen molar-refractivity contribution >= 4 is 16.6 Å². The molecule has 3 aromatic rings. The van der Waals surface area contributed by atoms with Gasteiger partial charge < -0.3 is 10.5 Å². The summed E-state index contributed by atoms with van der Waals surface area (Å²) in [6.45, 7) is 0.399. The number of ether oxygens (including phenoxy) is 1. The van der Waals surface area contributed by atoms with Gasteiger partial charge in [0.15, 0.2) is 5.82 Å². The van der Waals surface area contributed by atoms with Crippen molar-refractivity contribution in [2.75, 3.05) is 5.73 Å². The molecule has 3 rings (SSSR count). The molecule has 94 valence electrons. The molecule has 0 atom stereocenters. The smallest absolute Gasteiger partial charge is 0.241 e. The molecule has 0 saturated heterocycles. The summed E-state index contributed by atoms with van der Waals surface area (Å²) < 4.78 is 5.69. The number of anilines is 1. The Morgan fingerprint density at radius 3 is 2.63 bits per heavy atom. The summed E-state index contributed by atoms with van der Waals surface area (Å²) in [5.41, 5.74) is 6.77. The average Bonchev–Trinajstić information content (AvgIpc) is 2.48. The molecule has 2 N–H and O–H groups in total. The number of nitrogens with two attached hydrogens (primary N) is 1. The number of pyridine rings is 1. The second-order valence-electron chi connectivity index (χ2n) is 4.09. The molecule has 0 fully saturated rings. The van der Waals surface area contributed by atoms with Crippen LogP contribution in [-0.2, 0) is 6.61 Å². The Balaban J connectivity index is 1.91. The zero-order valence-corrected chi connectivity index (χ0v) is 10.2. The van der Waals surface area contributed by atoms with Gasteiger partial charge in [0.2, 0.25) is 5.88 Å². The first-order valence-electron chi connectivity index (χ1n) is 5.87. The largest absolute Gasteiger partial charge is 0.471 e. The normalized spacial score (nSPS) is 10.5. The molecule has 0 bridgehead atoms. The SMILES string of the molecule is Nc1nnc(OCc2cccnc2)c2ccccc12. The number of rotatable bonds is 3. The third-order valence-electron chi connectivity index (χ3n) is 2.78. The van der Waals surface area contributed by atoms with Gasteiger partial charge in [-0.05, 0) is 12.1 Å². The molecule has 0 aliphatic heterocycles. The maximum atomic E-state index is 5.79. The van der Waals surface area contributed by atoms with E-state index in [1.165, 1.54) is 0 Å². The third kappa shape index (κ3) is 2.30. The highest BCUT2D eigenvalue weighted by Gasteiger charge is 2.07. The minimum Gasteiger partial charge on any atom is -0.471 e. The first-order chi connectivity index (χ1) is 9.34. The van der Waals surface area contributed by atoms with E-state index in [0.29, 0.717) is 18.3 Å². The Labute approximate surface area is 110 Å². The number of benzene rings is 1. The van der Waals surface area contributed by atoms with Crippen molar-refractivity contribution in [1.82, 2.24) is 15.2 Å². The predicted octanol–water partition coefficient (Wildman–Crippen LogP) is 2.19. The van der Waals surface area contributed by atoms with Crippen molar-refractivity contribution in [2.45, 2.75) is 6.61 Å². The topological polar surface area (TPSA) is 73.9 Å². The van der Waals surface area contributed by atoms with E-state index in [1.807, 2.05) is 36.4 Å². The van der Waals surface area contributed by atoms with E-state index >= 15 is 0 Å². The van der Waals surface area contributed by atoms with Crippen molar-refractivity contribution in [3.63, 3.8) is 0 Å². The van der Waals surface area contributed by atoms with Crippen LogP contribution < -0.4 is 10.5 Å². The minimum absolute atomic E-state index is 0.399. The summed E-state index contributed by atoms with van der Waals surface area (Å²) in [5, 5.41) is 9.62. The number of nitrogen functional groups attached to an aromatic ring is 1. The molecule has 0 spiro atoms. The van der Waals surface area contributed by atoms with Crippen molar-refractivity contribution in [3.05, 3.63) is 54.4 Å². The zero-order chi connectivity index (χ0) is 13.1. The molecule has 0 unspecified atom stereocenters. The highest BCUT2D eigenvalue weighted by Crippen LogP contribution is 2.26. The molecular weight excluding hydrogens is 240 g/mol. The minimum atomic E-state index is 0.399.